The topological polar surface area (TPSA) is 41.6 Å². The van der Waals surface area contributed by atoms with E-state index in [0.717, 1.165) is 31.9 Å². The molecule has 0 unspecified atom stereocenters. The maximum absolute atomic E-state index is 12.6. The lowest BCUT2D eigenvalue weighted by Crippen LogP contribution is -2.43. The standard InChI is InChI=1S/C24H32N2O2/c1-18-6-5-7-20(16-18)23(27)25-17-22(26-12-14-28-15-13-26)19-8-10-21(11-9-19)24(2,3)4/h5-11,16,22H,12-15,17H2,1-4H3,(H,25,27)/t22-/m1/s1. The van der Waals surface area contributed by atoms with E-state index in [1.807, 2.05) is 31.2 Å². The average molecular weight is 381 g/mol. The van der Waals surface area contributed by atoms with Gasteiger partial charge in [-0.1, -0.05) is 62.7 Å². The SMILES string of the molecule is Cc1cccc(C(=O)NC[C@H](c2ccc(C(C)(C)C)cc2)N2CCOCC2)c1. The number of rotatable bonds is 5. The van der Waals surface area contributed by atoms with E-state index in [2.05, 4.69) is 55.3 Å². The van der Waals surface area contributed by atoms with E-state index in [1.54, 1.807) is 0 Å². The molecule has 0 bridgehead atoms. The first-order chi connectivity index (χ1) is 13.3. The fourth-order valence-electron chi connectivity index (χ4n) is 3.63. The lowest BCUT2D eigenvalue weighted by molar-refractivity contribution is 0.0162. The third-order valence-corrected chi connectivity index (χ3v) is 5.38. The highest BCUT2D eigenvalue weighted by Gasteiger charge is 2.24. The third-order valence-electron chi connectivity index (χ3n) is 5.38. The van der Waals surface area contributed by atoms with Crippen LogP contribution in [0.1, 0.15) is 53.9 Å². The lowest BCUT2D eigenvalue weighted by atomic mass is 9.86. The van der Waals surface area contributed by atoms with E-state index in [1.165, 1.54) is 11.1 Å². The Bertz CT molecular complexity index is 787. The van der Waals surface area contributed by atoms with Crippen molar-refractivity contribution in [3.63, 3.8) is 0 Å². The van der Waals surface area contributed by atoms with Gasteiger partial charge in [-0.15, -0.1) is 0 Å². The molecular formula is C24H32N2O2. The van der Waals surface area contributed by atoms with Gasteiger partial charge in [0.25, 0.3) is 5.91 Å². The summed E-state index contributed by atoms with van der Waals surface area (Å²) in [7, 11) is 0. The largest absolute Gasteiger partial charge is 0.379 e. The van der Waals surface area contributed by atoms with Gasteiger partial charge in [-0.2, -0.15) is 0 Å². The minimum atomic E-state index is -0.0201. The molecule has 1 atom stereocenters. The molecule has 1 N–H and O–H groups in total. The summed E-state index contributed by atoms with van der Waals surface area (Å²) in [6.07, 6.45) is 0. The zero-order valence-corrected chi connectivity index (χ0v) is 17.5. The van der Waals surface area contributed by atoms with Gasteiger partial charge in [0.15, 0.2) is 0 Å². The molecule has 1 amide bonds. The molecule has 0 aromatic heterocycles. The molecule has 1 aliphatic rings. The fourth-order valence-corrected chi connectivity index (χ4v) is 3.63. The van der Waals surface area contributed by atoms with Gasteiger partial charge in [-0.3, -0.25) is 9.69 Å². The van der Waals surface area contributed by atoms with E-state index >= 15 is 0 Å². The van der Waals surface area contributed by atoms with Gasteiger partial charge in [-0.25, -0.2) is 0 Å². The summed E-state index contributed by atoms with van der Waals surface area (Å²) in [5.74, 6) is -0.0201. The van der Waals surface area contributed by atoms with Crippen molar-refractivity contribution in [3.05, 3.63) is 70.8 Å². The molecule has 0 radical (unpaired) electrons. The molecule has 3 rings (SSSR count). The van der Waals surface area contributed by atoms with Crippen LogP contribution >= 0.6 is 0 Å². The summed E-state index contributed by atoms with van der Waals surface area (Å²) in [4.78, 5) is 15.1. The summed E-state index contributed by atoms with van der Waals surface area (Å²) < 4.78 is 5.53. The molecule has 0 aliphatic carbocycles. The zero-order valence-electron chi connectivity index (χ0n) is 17.5. The second kappa shape index (κ2) is 8.89. The highest BCUT2D eigenvalue weighted by Crippen LogP contribution is 2.26. The van der Waals surface area contributed by atoms with Crippen molar-refractivity contribution >= 4 is 5.91 Å². The highest BCUT2D eigenvalue weighted by molar-refractivity contribution is 5.94. The number of hydrogen-bond donors (Lipinski definition) is 1. The summed E-state index contributed by atoms with van der Waals surface area (Å²) in [6.45, 7) is 12.5. The minimum absolute atomic E-state index is 0.0201. The Hall–Kier alpha value is -2.17. The Balaban J connectivity index is 1.76. The Morgan fingerprint density at radius 2 is 1.79 bits per heavy atom. The number of morpholine rings is 1. The molecule has 4 heteroatoms. The first-order valence-electron chi connectivity index (χ1n) is 10.1. The zero-order chi connectivity index (χ0) is 20.1. The minimum Gasteiger partial charge on any atom is -0.379 e. The van der Waals surface area contributed by atoms with Crippen molar-refractivity contribution in [1.29, 1.82) is 0 Å². The monoisotopic (exact) mass is 380 g/mol. The van der Waals surface area contributed by atoms with Crippen molar-refractivity contribution in [1.82, 2.24) is 10.2 Å². The normalized spacial score (nSPS) is 16.6. The molecule has 1 aliphatic heterocycles. The number of aryl methyl sites for hydroxylation is 1. The Labute approximate surface area is 168 Å². The highest BCUT2D eigenvalue weighted by atomic mass is 16.5. The van der Waals surface area contributed by atoms with Crippen LogP contribution in [0, 0.1) is 6.92 Å². The smallest absolute Gasteiger partial charge is 0.251 e. The van der Waals surface area contributed by atoms with Crippen molar-refractivity contribution in [2.75, 3.05) is 32.8 Å². The summed E-state index contributed by atoms with van der Waals surface area (Å²) in [6, 6.07) is 16.7. The second-order valence-corrected chi connectivity index (χ2v) is 8.62. The van der Waals surface area contributed by atoms with Crippen LogP contribution in [0.2, 0.25) is 0 Å². The van der Waals surface area contributed by atoms with Gasteiger partial charge in [0.1, 0.15) is 0 Å². The number of amides is 1. The van der Waals surface area contributed by atoms with Crippen molar-refractivity contribution < 1.29 is 9.53 Å². The van der Waals surface area contributed by atoms with Crippen LogP contribution in [-0.2, 0) is 10.2 Å². The van der Waals surface area contributed by atoms with Crippen LogP contribution in [0.25, 0.3) is 0 Å². The Morgan fingerprint density at radius 3 is 2.39 bits per heavy atom. The molecule has 2 aromatic rings. The van der Waals surface area contributed by atoms with Gasteiger partial charge < -0.3 is 10.1 Å². The molecule has 4 nitrogen and oxygen atoms in total. The van der Waals surface area contributed by atoms with Gasteiger partial charge in [0.05, 0.1) is 19.3 Å². The quantitative estimate of drug-likeness (QED) is 0.849. The fraction of sp³-hybridized carbons (Fsp3) is 0.458. The lowest BCUT2D eigenvalue weighted by Gasteiger charge is -2.35. The molecule has 2 aromatic carbocycles. The van der Waals surface area contributed by atoms with Crippen LogP contribution in [0.15, 0.2) is 48.5 Å². The summed E-state index contributed by atoms with van der Waals surface area (Å²) in [5, 5.41) is 3.15. The van der Waals surface area contributed by atoms with Gasteiger partial charge in [0, 0.05) is 25.2 Å². The van der Waals surface area contributed by atoms with E-state index in [0.29, 0.717) is 12.1 Å². The van der Waals surface area contributed by atoms with Crippen molar-refractivity contribution in [2.24, 2.45) is 0 Å². The number of nitrogens with one attached hydrogen (secondary N) is 1. The van der Waals surface area contributed by atoms with Crippen LogP contribution in [0.3, 0.4) is 0 Å². The molecule has 0 spiro atoms. The summed E-state index contributed by atoms with van der Waals surface area (Å²) in [5.41, 5.74) is 4.49. The maximum Gasteiger partial charge on any atom is 0.251 e. The molecule has 1 fully saturated rings. The maximum atomic E-state index is 12.6. The van der Waals surface area contributed by atoms with Crippen LogP contribution in [-0.4, -0.2) is 43.7 Å². The van der Waals surface area contributed by atoms with E-state index in [9.17, 15) is 4.79 Å². The van der Waals surface area contributed by atoms with Crippen LogP contribution in [0.4, 0.5) is 0 Å². The molecule has 0 saturated carbocycles. The van der Waals surface area contributed by atoms with Gasteiger partial charge in [-0.05, 0) is 35.6 Å². The molecule has 150 valence electrons. The number of nitrogens with zero attached hydrogens (tertiary/aromatic N) is 1. The number of carbonyl (C=O) groups is 1. The van der Waals surface area contributed by atoms with Crippen LogP contribution < -0.4 is 5.32 Å². The summed E-state index contributed by atoms with van der Waals surface area (Å²) >= 11 is 0. The van der Waals surface area contributed by atoms with Crippen molar-refractivity contribution in [2.45, 2.75) is 39.2 Å². The third kappa shape index (κ3) is 5.21. The number of hydrogen-bond acceptors (Lipinski definition) is 3. The number of ether oxygens (including phenoxy) is 1. The van der Waals surface area contributed by atoms with E-state index in [-0.39, 0.29) is 17.4 Å². The predicted octanol–water partition coefficient (Wildman–Crippen LogP) is 4.10. The Morgan fingerprint density at radius 1 is 1.11 bits per heavy atom. The first kappa shape index (κ1) is 20.6. The van der Waals surface area contributed by atoms with E-state index in [4.69, 9.17) is 4.74 Å². The van der Waals surface area contributed by atoms with Gasteiger partial charge in [0.2, 0.25) is 0 Å². The van der Waals surface area contributed by atoms with Gasteiger partial charge >= 0.3 is 0 Å². The van der Waals surface area contributed by atoms with Crippen LogP contribution in [0.5, 0.6) is 0 Å². The predicted molar refractivity (Wildman–Crippen MR) is 114 cm³/mol. The van der Waals surface area contributed by atoms with E-state index < -0.39 is 0 Å². The Kier molecular flexibility index (Phi) is 6.53. The average Bonchev–Trinajstić information content (AvgIpc) is 2.68. The molecule has 28 heavy (non-hydrogen) atoms. The number of benzene rings is 2. The molecule has 1 heterocycles. The second-order valence-electron chi connectivity index (χ2n) is 8.62. The molecular weight excluding hydrogens is 348 g/mol. The van der Waals surface area contributed by atoms with Crippen molar-refractivity contribution in [3.8, 4) is 0 Å². The molecule has 1 saturated heterocycles. The first-order valence-corrected chi connectivity index (χ1v) is 10.1. The number of carbonyl (C=O) groups excluding carboxylic acids is 1.